The van der Waals surface area contributed by atoms with Crippen LogP contribution in [0.3, 0.4) is 0 Å². The quantitative estimate of drug-likeness (QED) is 0.416. The summed E-state index contributed by atoms with van der Waals surface area (Å²) in [5.74, 6) is 0.450. The molecular formula is C23H23F3N6O. The first-order chi connectivity index (χ1) is 15.8. The molecule has 0 spiro atoms. The van der Waals surface area contributed by atoms with E-state index in [9.17, 15) is 18.0 Å². The summed E-state index contributed by atoms with van der Waals surface area (Å²) < 4.78 is 40.5. The number of nitrogens with one attached hydrogen (secondary N) is 3. The van der Waals surface area contributed by atoms with Crippen molar-refractivity contribution in [3.63, 3.8) is 0 Å². The van der Waals surface area contributed by atoms with E-state index in [1.54, 1.807) is 30.5 Å². The minimum atomic E-state index is -4.49. The Labute approximate surface area is 187 Å². The first-order valence-electron chi connectivity index (χ1n) is 10.8. The molecule has 1 aliphatic carbocycles. The number of carbonyl (C=O) groups is 1. The van der Waals surface area contributed by atoms with Crippen molar-refractivity contribution in [1.82, 2.24) is 24.7 Å². The summed E-state index contributed by atoms with van der Waals surface area (Å²) in [5, 5.41) is 7.27. The van der Waals surface area contributed by atoms with Crippen LogP contribution in [0, 0.1) is 6.92 Å². The lowest BCUT2D eigenvalue weighted by atomic mass is 9.91. The van der Waals surface area contributed by atoms with Gasteiger partial charge in [-0.05, 0) is 56.9 Å². The maximum atomic E-state index is 13.0. The molecule has 3 N–H and O–H groups in total. The number of aromatic nitrogens is 4. The lowest BCUT2D eigenvalue weighted by molar-refractivity contribution is -0.140. The normalized spacial score (nSPS) is 19.2. The molecule has 10 heteroatoms. The number of aromatic amines is 1. The minimum absolute atomic E-state index is 0.0414. The molecule has 1 saturated carbocycles. The van der Waals surface area contributed by atoms with Crippen LogP contribution < -0.4 is 10.6 Å². The van der Waals surface area contributed by atoms with Crippen LogP contribution in [0.15, 0.2) is 42.7 Å². The fourth-order valence-corrected chi connectivity index (χ4v) is 4.48. The Balaban J connectivity index is 1.23. The lowest BCUT2D eigenvalue weighted by Crippen LogP contribution is -2.40. The predicted molar refractivity (Wildman–Crippen MR) is 118 cm³/mol. The van der Waals surface area contributed by atoms with E-state index in [0.29, 0.717) is 17.0 Å². The number of anilines is 1. The molecular weight excluding hydrogens is 433 g/mol. The van der Waals surface area contributed by atoms with Crippen molar-refractivity contribution in [2.75, 3.05) is 5.32 Å². The van der Waals surface area contributed by atoms with Gasteiger partial charge in [0.05, 0.1) is 5.56 Å². The molecule has 0 radical (unpaired) electrons. The number of H-pyrrole nitrogens is 1. The van der Waals surface area contributed by atoms with E-state index < -0.39 is 11.9 Å². The molecule has 0 aromatic carbocycles. The minimum Gasteiger partial charge on any atom is -0.368 e. The number of imidazole rings is 1. The summed E-state index contributed by atoms with van der Waals surface area (Å²) in [6.07, 6.45) is 1.28. The molecule has 172 valence electrons. The highest BCUT2D eigenvalue weighted by Gasteiger charge is 2.34. The van der Waals surface area contributed by atoms with Gasteiger partial charge in [-0.2, -0.15) is 13.2 Å². The molecule has 1 aliphatic rings. The third-order valence-corrected chi connectivity index (χ3v) is 6.11. The second-order valence-corrected chi connectivity index (χ2v) is 8.50. The number of rotatable bonds is 4. The van der Waals surface area contributed by atoms with Crippen molar-refractivity contribution in [1.29, 1.82) is 0 Å². The molecule has 4 aromatic rings. The van der Waals surface area contributed by atoms with E-state index in [2.05, 4.69) is 25.6 Å². The van der Waals surface area contributed by atoms with Crippen molar-refractivity contribution < 1.29 is 18.0 Å². The highest BCUT2D eigenvalue weighted by molar-refractivity contribution is 6.05. The van der Waals surface area contributed by atoms with Gasteiger partial charge < -0.3 is 15.6 Å². The molecule has 0 bridgehead atoms. The van der Waals surface area contributed by atoms with Gasteiger partial charge in [-0.3, -0.25) is 9.20 Å². The van der Waals surface area contributed by atoms with Crippen molar-refractivity contribution in [3.05, 3.63) is 59.7 Å². The second kappa shape index (κ2) is 8.09. The SMILES string of the molecule is Cc1cc2c(C(=O)N[C@H]3CC[C@@H](Nc4cccc5nc(C(F)(F)F)cn45)CC3)ccnc2[nH]1. The van der Waals surface area contributed by atoms with Crippen LogP contribution >= 0.6 is 0 Å². The Hall–Kier alpha value is -3.56. The molecule has 4 heterocycles. The van der Waals surface area contributed by atoms with E-state index in [0.717, 1.165) is 43.0 Å². The maximum absolute atomic E-state index is 13.0. The van der Waals surface area contributed by atoms with Crippen molar-refractivity contribution >= 4 is 28.4 Å². The van der Waals surface area contributed by atoms with Crippen LogP contribution in [-0.4, -0.2) is 37.3 Å². The highest BCUT2D eigenvalue weighted by atomic mass is 19.4. The standard InChI is InChI=1S/C23H23F3N6O/c1-13-11-17-16(9-10-27-21(17)28-13)22(33)30-15-7-5-14(6-8-15)29-19-3-2-4-20-31-18(12-32(19)20)23(24,25)26/h2-4,9-12,14-15,29H,5-8H2,1H3,(H,27,28)(H,30,33)/t14-,15+. The number of fused-ring (bicyclic) bond motifs is 2. The molecule has 7 nitrogen and oxygen atoms in total. The number of pyridine rings is 2. The monoisotopic (exact) mass is 456 g/mol. The largest absolute Gasteiger partial charge is 0.434 e. The molecule has 0 saturated heterocycles. The van der Waals surface area contributed by atoms with Gasteiger partial charge in [0.1, 0.15) is 17.1 Å². The zero-order chi connectivity index (χ0) is 23.2. The van der Waals surface area contributed by atoms with Crippen molar-refractivity contribution in [2.45, 2.75) is 50.9 Å². The Morgan fingerprint density at radius 1 is 1.15 bits per heavy atom. The fourth-order valence-electron chi connectivity index (χ4n) is 4.48. The van der Waals surface area contributed by atoms with Gasteiger partial charge in [0, 0.05) is 35.6 Å². The summed E-state index contributed by atoms with van der Waals surface area (Å²) in [6, 6.07) is 8.76. The average Bonchev–Trinajstić information content (AvgIpc) is 3.38. The Morgan fingerprint density at radius 3 is 2.67 bits per heavy atom. The third-order valence-electron chi connectivity index (χ3n) is 6.11. The van der Waals surface area contributed by atoms with E-state index in [-0.39, 0.29) is 23.6 Å². The van der Waals surface area contributed by atoms with Crippen LogP contribution in [0.1, 0.15) is 47.4 Å². The first kappa shape index (κ1) is 21.3. The van der Waals surface area contributed by atoms with Crippen molar-refractivity contribution in [3.8, 4) is 0 Å². The van der Waals surface area contributed by atoms with Gasteiger partial charge in [-0.15, -0.1) is 0 Å². The molecule has 0 aliphatic heterocycles. The predicted octanol–water partition coefficient (Wildman–Crippen LogP) is 4.69. The molecule has 0 atom stereocenters. The first-order valence-corrected chi connectivity index (χ1v) is 10.8. The average molecular weight is 456 g/mol. The molecule has 5 rings (SSSR count). The third kappa shape index (κ3) is 4.24. The zero-order valence-corrected chi connectivity index (χ0v) is 17.9. The topological polar surface area (TPSA) is 87.1 Å². The number of nitrogens with zero attached hydrogens (tertiary/aromatic N) is 3. The van der Waals surface area contributed by atoms with Gasteiger partial charge in [0.25, 0.3) is 5.91 Å². The van der Waals surface area contributed by atoms with Crippen molar-refractivity contribution in [2.24, 2.45) is 0 Å². The number of aryl methyl sites for hydroxylation is 1. The van der Waals surface area contributed by atoms with E-state index in [1.165, 1.54) is 4.40 Å². The van der Waals surface area contributed by atoms with Crippen LogP contribution in [0.5, 0.6) is 0 Å². The molecule has 1 amide bonds. The number of amides is 1. The Morgan fingerprint density at radius 2 is 1.91 bits per heavy atom. The van der Waals surface area contributed by atoms with Gasteiger partial charge in [0.15, 0.2) is 5.69 Å². The second-order valence-electron chi connectivity index (χ2n) is 8.50. The summed E-state index contributed by atoms with van der Waals surface area (Å²) in [6.45, 7) is 1.92. The molecule has 4 aromatic heterocycles. The van der Waals surface area contributed by atoms with E-state index in [1.807, 2.05) is 13.0 Å². The number of hydrogen-bond acceptors (Lipinski definition) is 4. The Bertz CT molecular complexity index is 1320. The molecule has 0 unspecified atom stereocenters. The summed E-state index contributed by atoms with van der Waals surface area (Å²) >= 11 is 0. The number of alkyl halides is 3. The fraction of sp³-hybridized carbons (Fsp3) is 0.348. The van der Waals surface area contributed by atoms with Gasteiger partial charge in [0.2, 0.25) is 0 Å². The number of carbonyl (C=O) groups excluding carboxylic acids is 1. The van der Waals surface area contributed by atoms with E-state index in [4.69, 9.17) is 0 Å². The maximum Gasteiger partial charge on any atom is 0.434 e. The molecule has 1 fully saturated rings. The van der Waals surface area contributed by atoms with Crippen LogP contribution in [-0.2, 0) is 6.18 Å². The lowest BCUT2D eigenvalue weighted by Gasteiger charge is -2.30. The van der Waals surface area contributed by atoms with E-state index >= 15 is 0 Å². The van der Waals surface area contributed by atoms with Crippen LogP contribution in [0.4, 0.5) is 19.0 Å². The number of halogens is 3. The van der Waals surface area contributed by atoms with Gasteiger partial charge in [-0.1, -0.05) is 6.07 Å². The van der Waals surface area contributed by atoms with Crippen LogP contribution in [0.25, 0.3) is 16.7 Å². The summed E-state index contributed by atoms with van der Waals surface area (Å²) in [5.41, 5.74) is 1.56. The summed E-state index contributed by atoms with van der Waals surface area (Å²) in [7, 11) is 0. The highest BCUT2D eigenvalue weighted by Crippen LogP contribution is 2.30. The summed E-state index contributed by atoms with van der Waals surface area (Å²) in [4.78, 5) is 24.0. The molecule has 33 heavy (non-hydrogen) atoms. The number of hydrogen-bond donors (Lipinski definition) is 3. The van der Waals surface area contributed by atoms with Gasteiger partial charge in [-0.25, -0.2) is 9.97 Å². The zero-order valence-electron chi connectivity index (χ0n) is 17.9. The van der Waals surface area contributed by atoms with Gasteiger partial charge >= 0.3 is 6.18 Å². The van der Waals surface area contributed by atoms with Crippen LogP contribution in [0.2, 0.25) is 0 Å². The Kier molecular flexibility index (Phi) is 5.22. The smallest absolute Gasteiger partial charge is 0.368 e.